The third kappa shape index (κ3) is 2.64. The van der Waals surface area contributed by atoms with E-state index in [1.807, 2.05) is 24.3 Å². The molecule has 3 N–H and O–H groups in total. The van der Waals surface area contributed by atoms with Gasteiger partial charge in [0.25, 0.3) is 5.91 Å². The maximum atomic E-state index is 12.2. The Morgan fingerprint density at radius 1 is 1.35 bits per heavy atom. The third-order valence-electron chi connectivity index (χ3n) is 3.38. The zero-order chi connectivity index (χ0) is 16.7. The number of amides is 1. The maximum absolute atomic E-state index is 12.2. The van der Waals surface area contributed by atoms with Crippen molar-refractivity contribution in [2.24, 2.45) is 0 Å². The van der Waals surface area contributed by atoms with Crippen molar-refractivity contribution in [3.05, 3.63) is 34.6 Å². The summed E-state index contributed by atoms with van der Waals surface area (Å²) < 4.78 is 1.91. The lowest BCUT2D eigenvalue weighted by molar-refractivity contribution is -0.138. The van der Waals surface area contributed by atoms with E-state index in [2.05, 4.69) is 26.2 Å². The fourth-order valence-electron chi connectivity index (χ4n) is 2.22. The van der Waals surface area contributed by atoms with Crippen molar-refractivity contribution in [3.63, 3.8) is 0 Å². The number of nitrogens with zero attached hydrogens (tertiary/aromatic N) is 1. The molecule has 1 aromatic carbocycles. The zero-order valence-corrected chi connectivity index (χ0v) is 14.2. The second-order valence-corrected chi connectivity index (χ2v) is 6.74. The molecule has 0 saturated carbocycles. The highest BCUT2D eigenvalue weighted by Gasteiger charge is 2.23. The van der Waals surface area contributed by atoms with Gasteiger partial charge in [-0.1, -0.05) is 18.2 Å². The van der Waals surface area contributed by atoms with E-state index in [0.717, 1.165) is 15.5 Å². The van der Waals surface area contributed by atoms with Gasteiger partial charge >= 0.3 is 5.97 Å². The Morgan fingerprint density at radius 3 is 2.74 bits per heavy atom. The second-order valence-electron chi connectivity index (χ2n) is 4.94. The number of fused-ring (bicyclic) bond motifs is 3. The Labute approximate surface area is 142 Å². The van der Waals surface area contributed by atoms with Crippen LogP contribution in [0.3, 0.4) is 0 Å². The number of carbonyl (C=O) groups is 2. The van der Waals surface area contributed by atoms with Crippen LogP contribution >= 0.6 is 27.3 Å². The van der Waals surface area contributed by atoms with E-state index in [0.29, 0.717) is 9.30 Å². The monoisotopic (exact) mass is 394 g/mol. The van der Waals surface area contributed by atoms with Gasteiger partial charge in [-0.15, -0.1) is 11.3 Å². The largest absolute Gasteiger partial charge is 0.504 e. The highest BCUT2D eigenvalue weighted by molar-refractivity contribution is 9.10. The van der Waals surface area contributed by atoms with Crippen LogP contribution < -0.4 is 5.32 Å². The zero-order valence-electron chi connectivity index (χ0n) is 11.8. The number of aromatic hydroxyl groups is 1. The molecule has 1 unspecified atom stereocenters. The van der Waals surface area contributed by atoms with E-state index in [-0.39, 0.29) is 11.4 Å². The SMILES string of the molecule is CC(NC(=O)c1nc(Br)c2c(sc3ccccc32)c1O)C(=O)O. The number of carboxylic acid groups (broad SMARTS) is 1. The van der Waals surface area contributed by atoms with E-state index in [4.69, 9.17) is 5.11 Å². The number of pyridine rings is 1. The molecule has 6 nitrogen and oxygen atoms in total. The van der Waals surface area contributed by atoms with Gasteiger partial charge in [0.2, 0.25) is 0 Å². The molecule has 0 bridgehead atoms. The average molecular weight is 395 g/mol. The topological polar surface area (TPSA) is 99.5 Å². The standard InChI is InChI=1S/C15H11BrN2O4S/c1-6(15(21)22)17-14(20)10-11(19)12-9(13(16)18-10)7-4-2-3-5-8(7)23-12/h2-6,19H,1H3,(H,17,20)(H,21,22). The smallest absolute Gasteiger partial charge is 0.325 e. The van der Waals surface area contributed by atoms with E-state index < -0.39 is 17.9 Å². The van der Waals surface area contributed by atoms with Gasteiger partial charge in [0.05, 0.1) is 4.70 Å². The minimum atomic E-state index is -1.17. The van der Waals surface area contributed by atoms with Gasteiger partial charge in [-0.05, 0) is 28.9 Å². The number of nitrogens with one attached hydrogen (secondary N) is 1. The number of aliphatic carboxylic acids is 1. The number of halogens is 1. The molecule has 3 aromatic rings. The third-order valence-corrected chi connectivity index (χ3v) is 5.14. The molecule has 0 aliphatic heterocycles. The normalized spacial score (nSPS) is 12.4. The Morgan fingerprint density at radius 2 is 2.04 bits per heavy atom. The van der Waals surface area contributed by atoms with Crippen LogP contribution in [0.15, 0.2) is 28.9 Å². The second kappa shape index (κ2) is 5.78. The molecule has 118 valence electrons. The number of carboxylic acids is 1. The molecular weight excluding hydrogens is 384 g/mol. The van der Waals surface area contributed by atoms with Crippen LogP contribution in [0.1, 0.15) is 17.4 Å². The Hall–Kier alpha value is -2.19. The first-order valence-corrected chi connectivity index (χ1v) is 8.24. The van der Waals surface area contributed by atoms with Crippen LogP contribution in [-0.2, 0) is 4.79 Å². The summed E-state index contributed by atoms with van der Waals surface area (Å²) in [6, 6.07) is 6.51. The summed E-state index contributed by atoms with van der Waals surface area (Å²) in [6.07, 6.45) is 0. The van der Waals surface area contributed by atoms with Crippen molar-refractivity contribution in [1.29, 1.82) is 0 Å². The average Bonchev–Trinajstić information content (AvgIpc) is 2.90. The molecule has 1 atom stereocenters. The first-order chi connectivity index (χ1) is 10.9. The molecule has 0 aliphatic carbocycles. The van der Waals surface area contributed by atoms with Crippen molar-refractivity contribution in [3.8, 4) is 5.75 Å². The fourth-order valence-corrected chi connectivity index (χ4v) is 4.09. The maximum Gasteiger partial charge on any atom is 0.325 e. The van der Waals surface area contributed by atoms with Crippen LogP contribution in [-0.4, -0.2) is 33.1 Å². The molecule has 0 spiro atoms. The predicted molar refractivity (Wildman–Crippen MR) is 91.1 cm³/mol. The lowest BCUT2D eigenvalue weighted by Crippen LogP contribution is -2.38. The molecule has 23 heavy (non-hydrogen) atoms. The quantitative estimate of drug-likeness (QED) is 0.592. The summed E-state index contributed by atoms with van der Waals surface area (Å²) in [6.45, 7) is 1.34. The molecule has 3 rings (SSSR count). The number of benzene rings is 1. The molecule has 2 aromatic heterocycles. The molecule has 0 radical (unpaired) electrons. The highest BCUT2D eigenvalue weighted by Crippen LogP contribution is 2.42. The predicted octanol–water partition coefficient (Wildman–Crippen LogP) is 3.12. The molecular formula is C15H11BrN2O4S. The van der Waals surface area contributed by atoms with Crippen LogP contribution in [0.4, 0.5) is 0 Å². The lowest BCUT2D eigenvalue weighted by atomic mass is 10.1. The van der Waals surface area contributed by atoms with E-state index >= 15 is 0 Å². The van der Waals surface area contributed by atoms with E-state index in [1.54, 1.807) is 0 Å². The molecule has 0 aliphatic rings. The summed E-state index contributed by atoms with van der Waals surface area (Å²) in [5.41, 5.74) is -0.205. The van der Waals surface area contributed by atoms with Crippen LogP contribution in [0.25, 0.3) is 20.2 Å². The first kappa shape index (κ1) is 15.7. The van der Waals surface area contributed by atoms with Crippen molar-refractivity contribution < 1.29 is 19.8 Å². The molecule has 8 heteroatoms. The summed E-state index contributed by atoms with van der Waals surface area (Å²) >= 11 is 4.68. The van der Waals surface area contributed by atoms with Gasteiger partial charge < -0.3 is 15.5 Å². The minimum Gasteiger partial charge on any atom is -0.504 e. The number of thiophene rings is 1. The summed E-state index contributed by atoms with van der Waals surface area (Å²) in [5.74, 6) is -2.16. The molecule has 0 saturated heterocycles. The first-order valence-electron chi connectivity index (χ1n) is 6.63. The number of aromatic nitrogens is 1. The number of hydrogen-bond acceptors (Lipinski definition) is 5. The van der Waals surface area contributed by atoms with Crippen molar-refractivity contribution in [1.82, 2.24) is 10.3 Å². The van der Waals surface area contributed by atoms with Crippen LogP contribution in [0, 0.1) is 0 Å². The van der Waals surface area contributed by atoms with Gasteiger partial charge in [-0.25, -0.2) is 4.98 Å². The van der Waals surface area contributed by atoms with Crippen molar-refractivity contribution >= 4 is 59.3 Å². The Bertz CT molecular complexity index is 953. The molecule has 1 amide bonds. The molecule has 0 fully saturated rings. The summed E-state index contributed by atoms with van der Waals surface area (Å²) in [7, 11) is 0. The van der Waals surface area contributed by atoms with Gasteiger partial charge in [0.1, 0.15) is 10.6 Å². The van der Waals surface area contributed by atoms with Gasteiger partial charge in [-0.2, -0.15) is 0 Å². The molecule has 2 heterocycles. The van der Waals surface area contributed by atoms with Crippen molar-refractivity contribution in [2.75, 3.05) is 0 Å². The number of hydrogen-bond donors (Lipinski definition) is 3. The van der Waals surface area contributed by atoms with Crippen LogP contribution in [0.5, 0.6) is 5.75 Å². The summed E-state index contributed by atoms with van der Waals surface area (Å²) in [5, 5.41) is 23.2. The fraction of sp³-hybridized carbons (Fsp3) is 0.133. The Balaban J connectivity index is 2.16. The van der Waals surface area contributed by atoms with Gasteiger partial charge in [0, 0.05) is 15.5 Å². The number of rotatable bonds is 3. The summed E-state index contributed by atoms with van der Waals surface area (Å²) in [4.78, 5) is 27.1. The number of carbonyl (C=O) groups excluding carboxylic acids is 1. The minimum absolute atomic E-state index is 0.205. The van der Waals surface area contributed by atoms with Crippen LogP contribution in [0.2, 0.25) is 0 Å². The van der Waals surface area contributed by atoms with Gasteiger partial charge in [-0.3, -0.25) is 9.59 Å². The lowest BCUT2D eigenvalue weighted by Gasteiger charge is -2.10. The van der Waals surface area contributed by atoms with E-state index in [1.165, 1.54) is 18.3 Å². The van der Waals surface area contributed by atoms with Gasteiger partial charge in [0.15, 0.2) is 11.4 Å². The van der Waals surface area contributed by atoms with E-state index in [9.17, 15) is 14.7 Å². The highest BCUT2D eigenvalue weighted by atomic mass is 79.9. The van der Waals surface area contributed by atoms with Crippen molar-refractivity contribution in [2.45, 2.75) is 13.0 Å². The Kier molecular flexibility index (Phi) is 3.95.